The number of anilines is 3. The predicted octanol–water partition coefficient (Wildman–Crippen LogP) is 5.37. The van der Waals surface area contributed by atoms with Crippen LogP contribution in [-0.2, 0) is 11.4 Å². The van der Waals surface area contributed by atoms with E-state index in [0.717, 1.165) is 0 Å². The monoisotopic (exact) mass is 523 g/mol. The van der Waals surface area contributed by atoms with Crippen molar-refractivity contribution in [3.05, 3.63) is 83.4 Å². The summed E-state index contributed by atoms with van der Waals surface area (Å²) < 4.78 is 19.1. The molecular formula is C26H23ClFN5O4. The van der Waals surface area contributed by atoms with Crippen molar-refractivity contribution in [1.82, 2.24) is 15.3 Å². The molecule has 0 aliphatic heterocycles. The number of ether oxygens (including phenoxy) is 1. The number of benzene rings is 3. The number of aromatic nitrogens is 2. The zero-order valence-electron chi connectivity index (χ0n) is 19.7. The van der Waals surface area contributed by atoms with Gasteiger partial charge >= 0.3 is 6.09 Å². The average molecular weight is 524 g/mol. The van der Waals surface area contributed by atoms with E-state index in [0.29, 0.717) is 44.4 Å². The van der Waals surface area contributed by atoms with Gasteiger partial charge in [-0.25, -0.2) is 19.2 Å². The van der Waals surface area contributed by atoms with E-state index < -0.39 is 6.09 Å². The van der Waals surface area contributed by atoms with Crippen molar-refractivity contribution in [3.63, 3.8) is 0 Å². The van der Waals surface area contributed by atoms with Gasteiger partial charge in [-0.15, -0.1) is 0 Å². The first-order chi connectivity index (χ1) is 17.8. The summed E-state index contributed by atoms with van der Waals surface area (Å²) in [5.41, 5.74) is 2.60. The Balaban J connectivity index is 1.49. The molecule has 4 rings (SSSR count). The lowest BCUT2D eigenvalue weighted by molar-refractivity contribution is -0.118. The SMILES string of the molecule is CN(C(=O)CCNC(=O)O)c1ccc2ncnc(Nc3ccc(OCc4cccc(F)c4)c(Cl)c3)c2c1. The minimum Gasteiger partial charge on any atom is -0.487 e. The third-order valence-corrected chi connectivity index (χ3v) is 5.77. The molecule has 0 spiro atoms. The van der Waals surface area contributed by atoms with Crippen LogP contribution in [-0.4, -0.2) is 40.7 Å². The Kier molecular flexibility index (Phi) is 7.99. The van der Waals surface area contributed by atoms with E-state index in [4.69, 9.17) is 21.4 Å². The molecule has 1 heterocycles. The number of hydrogen-bond donors (Lipinski definition) is 3. The molecule has 0 fully saturated rings. The zero-order chi connectivity index (χ0) is 26.4. The molecule has 0 atom stereocenters. The molecule has 9 nitrogen and oxygen atoms in total. The summed E-state index contributed by atoms with van der Waals surface area (Å²) in [6.45, 7) is 0.187. The van der Waals surface area contributed by atoms with Crippen LogP contribution in [0.2, 0.25) is 5.02 Å². The van der Waals surface area contributed by atoms with Gasteiger partial charge in [0, 0.05) is 36.8 Å². The zero-order valence-corrected chi connectivity index (χ0v) is 20.5. The summed E-state index contributed by atoms with van der Waals surface area (Å²) in [6.07, 6.45) is 0.262. The Morgan fingerprint density at radius 3 is 2.70 bits per heavy atom. The highest BCUT2D eigenvalue weighted by molar-refractivity contribution is 6.32. The van der Waals surface area contributed by atoms with Gasteiger partial charge in [0.25, 0.3) is 0 Å². The Hall–Kier alpha value is -4.44. The van der Waals surface area contributed by atoms with Gasteiger partial charge in [-0.2, -0.15) is 0 Å². The van der Waals surface area contributed by atoms with E-state index in [9.17, 15) is 14.0 Å². The molecule has 0 unspecified atom stereocenters. The van der Waals surface area contributed by atoms with Gasteiger partial charge in [-0.1, -0.05) is 23.7 Å². The molecule has 11 heteroatoms. The number of fused-ring (bicyclic) bond motifs is 1. The summed E-state index contributed by atoms with van der Waals surface area (Å²) >= 11 is 6.42. The van der Waals surface area contributed by atoms with Crippen LogP contribution in [0.1, 0.15) is 12.0 Å². The average Bonchev–Trinajstić information content (AvgIpc) is 2.87. The number of rotatable bonds is 9. The van der Waals surface area contributed by atoms with Crippen molar-refractivity contribution < 1.29 is 23.8 Å². The van der Waals surface area contributed by atoms with E-state index in [1.54, 1.807) is 55.6 Å². The molecule has 190 valence electrons. The molecule has 0 aliphatic carbocycles. The first kappa shape index (κ1) is 25.6. The quantitative estimate of drug-likeness (QED) is 0.270. The van der Waals surface area contributed by atoms with Gasteiger partial charge in [-0.05, 0) is 54.1 Å². The Morgan fingerprint density at radius 2 is 1.95 bits per heavy atom. The second-order valence-corrected chi connectivity index (χ2v) is 8.45. The molecule has 0 saturated heterocycles. The highest BCUT2D eigenvalue weighted by atomic mass is 35.5. The molecule has 0 saturated carbocycles. The van der Waals surface area contributed by atoms with Gasteiger partial charge in [0.05, 0.1) is 10.5 Å². The van der Waals surface area contributed by atoms with Gasteiger partial charge in [0.1, 0.15) is 30.3 Å². The van der Waals surface area contributed by atoms with E-state index in [1.807, 2.05) is 0 Å². The van der Waals surface area contributed by atoms with Crippen molar-refractivity contribution in [3.8, 4) is 5.75 Å². The first-order valence-electron chi connectivity index (χ1n) is 11.2. The number of hydrogen-bond acceptors (Lipinski definition) is 6. The maximum atomic E-state index is 13.4. The number of nitrogens with one attached hydrogen (secondary N) is 2. The number of carbonyl (C=O) groups is 2. The lowest BCUT2D eigenvalue weighted by Crippen LogP contribution is -2.31. The van der Waals surface area contributed by atoms with E-state index in [2.05, 4.69) is 20.6 Å². The number of carboxylic acid groups (broad SMARTS) is 1. The summed E-state index contributed by atoms with van der Waals surface area (Å²) in [4.78, 5) is 33.2. The normalized spacial score (nSPS) is 10.7. The van der Waals surface area contributed by atoms with Gasteiger partial charge < -0.3 is 25.4 Å². The fraction of sp³-hybridized carbons (Fsp3) is 0.154. The van der Waals surface area contributed by atoms with Crippen LogP contribution in [0.25, 0.3) is 10.9 Å². The van der Waals surface area contributed by atoms with Crippen molar-refractivity contribution in [2.75, 3.05) is 23.8 Å². The molecule has 0 radical (unpaired) electrons. The third-order valence-electron chi connectivity index (χ3n) is 5.47. The molecule has 0 bridgehead atoms. The maximum Gasteiger partial charge on any atom is 0.404 e. The van der Waals surface area contributed by atoms with Crippen molar-refractivity contribution >= 4 is 51.7 Å². The lowest BCUT2D eigenvalue weighted by atomic mass is 10.2. The van der Waals surface area contributed by atoms with Crippen molar-refractivity contribution in [1.29, 1.82) is 0 Å². The second kappa shape index (κ2) is 11.5. The molecule has 3 N–H and O–H groups in total. The Labute approximate surface area is 216 Å². The molecule has 0 aliphatic rings. The van der Waals surface area contributed by atoms with Crippen LogP contribution in [0.3, 0.4) is 0 Å². The van der Waals surface area contributed by atoms with Gasteiger partial charge in [0.2, 0.25) is 5.91 Å². The molecule has 37 heavy (non-hydrogen) atoms. The van der Waals surface area contributed by atoms with Gasteiger partial charge in [0.15, 0.2) is 0 Å². The third kappa shape index (κ3) is 6.62. The Morgan fingerprint density at radius 1 is 1.11 bits per heavy atom. The summed E-state index contributed by atoms with van der Waals surface area (Å²) in [5, 5.41) is 15.1. The molecule has 2 amide bonds. The van der Waals surface area contributed by atoms with Crippen LogP contribution < -0.4 is 20.3 Å². The first-order valence-corrected chi connectivity index (χ1v) is 11.6. The number of halogens is 2. The highest BCUT2D eigenvalue weighted by Gasteiger charge is 2.14. The van der Waals surface area contributed by atoms with Gasteiger partial charge in [-0.3, -0.25) is 4.79 Å². The number of nitrogens with zero attached hydrogens (tertiary/aromatic N) is 3. The summed E-state index contributed by atoms with van der Waals surface area (Å²) in [6, 6.07) is 16.6. The maximum absolute atomic E-state index is 13.4. The largest absolute Gasteiger partial charge is 0.487 e. The topological polar surface area (TPSA) is 117 Å². The van der Waals surface area contributed by atoms with Crippen LogP contribution >= 0.6 is 11.6 Å². The lowest BCUT2D eigenvalue weighted by Gasteiger charge is -2.18. The summed E-state index contributed by atoms with van der Waals surface area (Å²) in [5.74, 6) is 0.367. The Bertz CT molecular complexity index is 1450. The highest BCUT2D eigenvalue weighted by Crippen LogP contribution is 2.32. The van der Waals surface area contributed by atoms with E-state index >= 15 is 0 Å². The summed E-state index contributed by atoms with van der Waals surface area (Å²) in [7, 11) is 1.61. The van der Waals surface area contributed by atoms with Crippen LogP contribution in [0.4, 0.5) is 26.4 Å². The fourth-order valence-electron chi connectivity index (χ4n) is 3.56. The molecule has 4 aromatic rings. The van der Waals surface area contributed by atoms with E-state index in [1.165, 1.54) is 23.4 Å². The van der Waals surface area contributed by atoms with Crippen LogP contribution in [0, 0.1) is 5.82 Å². The standard InChI is InChI=1S/C26H23ClFN5O4/c1-33(24(34)9-10-29-26(35)36)19-6-7-22-20(13-19)25(31-15-30-22)32-18-5-8-23(21(27)12-18)37-14-16-3-2-4-17(28)11-16/h2-8,11-13,15,29H,9-10,14H2,1H3,(H,35,36)(H,30,31,32). The molecule has 3 aromatic carbocycles. The minimum absolute atomic E-state index is 0.0172. The van der Waals surface area contributed by atoms with E-state index in [-0.39, 0.29) is 31.3 Å². The van der Waals surface area contributed by atoms with Crippen molar-refractivity contribution in [2.45, 2.75) is 13.0 Å². The van der Waals surface area contributed by atoms with Crippen LogP contribution in [0.5, 0.6) is 5.75 Å². The predicted molar refractivity (Wildman–Crippen MR) is 139 cm³/mol. The smallest absolute Gasteiger partial charge is 0.404 e. The van der Waals surface area contributed by atoms with Crippen LogP contribution in [0.15, 0.2) is 67.0 Å². The molecular weight excluding hydrogens is 501 g/mol. The molecule has 1 aromatic heterocycles. The number of carbonyl (C=O) groups excluding carboxylic acids is 1. The van der Waals surface area contributed by atoms with Crippen molar-refractivity contribution in [2.24, 2.45) is 0 Å². The number of amides is 2. The second-order valence-electron chi connectivity index (χ2n) is 8.05. The fourth-order valence-corrected chi connectivity index (χ4v) is 3.80. The minimum atomic E-state index is -1.18.